The summed E-state index contributed by atoms with van der Waals surface area (Å²) in [5.74, 6) is 0.0470. The van der Waals surface area contributed by atoms with Crippen LogP contribution >= 0.6 is 0 Å². The number of rotatable bonds is 5. The molecule has 4 rings (SSSR count). The van der Waals surface area contributed by atoms with Gasteiger partial charge in [-0.25, -0.2) is 19.3 Å². The lowest BCUT2D eigenvalue weighted by Crippen LogP contribution is -2.34. The fourth-order valence-corrected chi connectivity index (χ4v) is 3.53. The fourth-order valence-electron chi connectivity index (χ4n) is 3.53. The average molecular weight is 441 g/mol. The van der Waals surface area contributed by atoms with Gasteiger partial charge in [-0.1, -0.05) is 0 Å². The molecule has 3 aromatic heterocycles. The zero-order valence-corrected chi connectivity index (χ0v) is 18.7. The maximum atomic E-state index is 13.1. The van der Waals surface area contributed by atoms with Crippen LogP contribution in [0.2, 0.25) is 0 Å². The SMILES string of the molecule is CC(C(=O)OC(C)(C)C)n1cnn2cc(-c3ccnc(NC4CCOCC4)n3)cc2c1=O. The van der Waals surface area contributed by atoms with E-state index in [1.165, 1.54) is 15.4 Å². The number of carbonyl (C=O) groups excluding carboxylic acids is 1. The van der Waals surface area contributed by atoms with E-state index in [4.69, 9.17) is 9.47 Å². The first-order valence-electron chi connectivity index (χ1n) is 10.7. The van der Waals surface area contributed by atoms with Crippen molar-refractivity contribution >= 4 is 17.4 Å². The number of hydrogen-bond donors (Lipinski definition) is 1. The van der Waals surface area contributed by atoms with Crippen LogP contribution in [-0.2, 0) is 14.3 Å². The average Bonchev–Trinajstić information content (AvgIpc) is 3.19. The van der Waals surface area contributed by atoms with Crippen LogP contribution in [0.4, 0.5) is 5.95 Å². The molecule has 0 bridgehead atoms. The van der Waals surface area contributed by atoms with E-state index in [2.05, 4.69) is 20.4 Å². The van der Waals surface area contributed by atoms with E-state index in [0.29, 0.717) is 17.2 Å². The van der Waals surface area contributed by atoms with E-state index < -0.39 is 17.6 Å². The van der Waals surface area contributed by atoms with Crippen LogP contribution in [0.1, 0.15) is 46.6 Å². The molecule has 1 unspecified atom stereocenters. The van der Waals surface area contributed by atoms with Gasteiger partial charge in [-0.3, -0.25) is 9.36 Å². The standard InChI is InChI=1S/C22H28N6O4/c1-14(20(30)32-22(2,3)4)27-13-24-28-12-15(11-18(28)19(27)29)17-5-8-23-21(26-17)25-16-6-9-31-10-7-16/h5,8,11-14,16H,6-7,9-10H2,1-4H3,(H,23,25,26). The first-order valence-corrected chi connectivity index (χ1v) is 10.7. The summed E-state index contributed by atoms with van der Waals surface area (Å²) in [5.41, 5.74) is 0.772. The third-order valence-corrected chi connectivity index (χ3v) is 5.23. The summed E-state index contributed by atoms with van der Waals surface area (Å²) in [5, 5.41) is 7.65. The maximum absolute atomic E-state index is 13.1. The monoisotopic (exact) mass is 440 g/mol. The van der Waals surface area contributed by atoms with E-state index in [1.807, 2.05) is 0 Å². The number of esters is 1. The fraction of sp³-hybridized carbons (Fsp3) is 0.500. The van der Waals surface area contributed by atoms with Gasteiger partial charge in [0, 0.05) is 37.2 Å². The first kappa shape index (κ1) is 21.9. The van der Waals surface area contributed by atoms with Crippen LogP contribution in [0.5, 0.6) is 0 Å². The predicted octanol–water partition coefficient (Wildman–Crippen LogP) is 2.45. The molecule has 1 aliphatic heterocycles. The highest BCUT2D eigenvalue weighted by Crippen LogP contribution is 2.21. The minimum atomic E-state index is -0.799. The van der Waals surface area contributed by atoms with Gasteiger partial charge in [0.1, 0.15) is 23.5 Å². The molecule has 0 amide bonds. The largest absolute Gasteiger partial charge is 0.458 e. The molecule has 0 radical (unpaired) electrons. The first-order chi connectivity index (χ1) is 15.2. The number of ether oxygens (including phenoxy) is 2. The number of carbonyl (C=O) groups is 1. The molecule has 10 nitrogen and oxygen atoms in total. The van der Waals surface area contributed by atoms with E-state index >= 15 is 0 Å². The minimum absolute atomic E-state index is 0.273. The van der Waals surface area contributed by atoms with E-state index in [-0.39, 0.29) is 11.6 Å². The van der Waals surface area contributed by atoms with Crippen molar-refractivity contribution in [2.45, 2.75) is 58.2 Å². The summed E-state index contributed by atoms with van der Waals surface area (Å²) in [4.78, 5) is 34.4. The van der Waals surface area contributed by atoms with Crippen molar-refractivity contribution < 1.29 is 14.3 Å². The van der Waals surface area contributed by atoms with Crippen LogP contribution in [0.3, 0.4) is 0 Å². The molecule has 1 saturated heterocycles. The van der Waals surface area contributed by atoms with Gasteiger partial charge in [0.2, 0.25) is 5.95 Å². The second-order valence-corrected chi connectivity index (χ2v) is 8.91. The Kier molecular flexibility index (Phi) is 5.96. The number of nitrogens with one attached hydrogen (secondary N) is 1. The Morgan fingerprint density at radius 3 is 2.78 bits per heavy atom. The van der Waals surface area contributed by atoms with E-state index in [1.54, 1.807) is 52.2 Å². The second-order valence-electron chi connectivity index (χ2n) is 8.91. The highest BCUT2D eigenvalue weighted by molar-refractivity contribution is 5.74. The van der Waals surface area contributed by atoms with Gasteiger partial charge in [0.05, 0.1) is 5.69 Å². The summed E-state index contributed by atoms with van der Waals surface area (Å²) in [6, 6.07) is 2.97. The van der Waals surface area contributed by atoms with Crippen molar-refractivity contribution in [1.82, 2.24) is 24.1 Å². The minimum Gasteiger partial charge on any atom is -0.458 e. The van der Waals surface area contributed by atoms with Crippen LogP contribution < -0.4 is 10.9 Å². The van der Waals surface area contributed by atoms with Crippen LogP contribution in [0.25, 0.3) is 16.8 Å². The molecular formula is C22H28N6O4. The topological polar surface area (TPSA) is 113 Å². The Balaban J connectivity index is 1.60. The van der Waals surface area contributed by atoms with Crippen molar-refractivity contribution in [3.63, 3.8) is 0 Å². The Hall–Kier alpha value is -3.27. The molecule has 1 atom stereocenters. The normalized spacial score (nSPS) is 16.1. The van der Waals surface area contributed by atoms with Crippen molar-refractivity contribution in [2.75, 3.05) is 18.5 Å². The van der Waals surface area contributed by atoms with Crippen LogP contribution in [-0.4, -0.2) is 55.0 Å². The Morgan fingerprint density at radius 2 is 2.06 bits per heavy atom. The maximum Gasteiger partial charge on any atom is 0.329 e. The molecule has 0 saturated carbocycles. The molecule has 32 heavy (non-hydrogen) atoms. The molecule has 1 aliphatic rings. The summed E-state index contributed by atoms with van der Waals surface area (Å²) < 4.78 is 13.6. The van der Waals surface area contributed by atoms with Gasteiger partial charge >= 0.3 is 5.97 Å². The zero-order valence-electron chi connectivity index (χ0n) is 18.7. The van der Waals surface area contributed by atoms with Gasteiger partial charge in [0.15, 0.2) is 0 Å². The third-order valence-electron chi connectivity index (χ3n) is 5.23. The molecule has 0 spiro atoms. The van der Waals surface area contributed by atoms with Gasteiger partial charge in [0.25, 0.3) is 5.56 Å². The molecule has 4 heterocycles. The van der Waals surface area contributed by atoms with Gasteiger partial charge in [-0.05, 0) is 52.7 Å². The number of nitrogens with zero attached hydrogens (tertiary/aromatic N) is 5. The number of anilines is 1. The molecule has 1 N–H and O–H groups in total. The van der Waals surface area contributed by atoms with Crippen molar-refractivity contribution in [1.29, 1.82) is 0 Å². The number of fused-ring (bicyclic) bond motifs is 1. The summed E-state index contributed by atoms with van der Waals surface area (Å²) >= 11 is 0. The highest BCUT2D eigenvalue weighted by atomic mass is 16.6. The lowest BCUT2D eigenvalue weighted by Gasteiger charge is -2.23. The van der Waals surface area contributed by atoms with Crippen LogP contribution in [0, 0.1) is 0 Å². The van der Waals surface area contributed by atoms with Crippen molar-refractivity contribution in [3.8, 4) is 11.3 Å². The lowest BCUT2D eigenvalue weighted by molar-refractivity contribution is -0.158. The van der Waals surface area contributed by atoms with E-state index in [0.717, 1.165) is 31.6 Å². The molecule has 0 aromatic carbocycles. The molecule has 1 fully saturated rings. The molecular weight excluding hydrogens is 412 g/mol. The Morgan fingerprint density at radius 1 is 1.31 bits per heavy atom. The lowest BCUT2D eigenvalue weighted by atomic mass is 10.1. The zero-order chi connectivity index (χ0) is 22.9. The van der Waals surface area contributed by atoms with E-state index in [9.17, 15) is 9.59 Å². The van der Waals surface area contributed by atoms with Crippen molar-refractivity contribution in [3.05, 3.63) is 41.2 Å². The van der Waals surface area contributed by atoms with Gasteiger partial charge in [-0.15, -0.1) is 0 Å². The summed E-state index contributed by atoms with van der Waals surface area (Å²) in [6.07, 6.45) is 6.58. The smallest absolute Gasteiger partial charge is 0.329 e. The Bertz CT molecular complexity index is 1170. The molecule has 0 aliphatic carbocycles. The van der Waals surface area contributed by atoms with Gasteiger partial charge < -0.3 is 14.8 Å². The van der Waals surface area contributed by atoms with Crippen molar-refractivity contribution in [2.24, 2.45) is 0 Å². The quantitative estimate of drug-likeness (QED) is 0.602. The predicted molar refractivity (Wildman–Crippen MR) is 118 cm³/mol. The second kappa shape index (κ2) is 8.70. The Labute approximate surface area is 185 Å². The molecule has 3 aromatic rings. The highest BCUT2D eigenvalue weighted by Gasteiger charge is 2.24. The third kappa shape index (κ3) is 4.80. The number of hydrogen-bond acceptors (Lipinski definition) is 8. The molecule has 10 heteroatoms. The van der Waals surface area contributed by atoms with Gasteiger partial charge in [-0.2, -0.15) is 5.10 Å². The summed E-state index contributed by atoms with van der Waals surface area (Å²) in [6.45, 7) is 8.43. The van der Waals surface area contributed by atoms with Crippen LogP contribution in [0.15, 0.2) is 35.6 Å². The summed E-state index contributed by atoms with van der Waals surface area (Å²) in [7, 11) is 0. The molecule has 170 valence electrons. The number of aromatic nitrogens is 5.